The molecule has 126 valence electrons. The Morgan fingerprint density at radius 1 is 1.33 bits per heavy atom. The summed E-state index contributed by atoms with van der Waals surface area (Å²) in [5.41, 5.74) is 2.39. The largest absolute Gasteiger partial charge is 0.478 e. The Balaban J connectivity index is 1.82. The number of carbonyl (C=O) groups is 2. The maximum absolute atomic E-state index is 12.6. The van der Waals surface area contributed by atoms with Crippen molar-refractivity contribution in [3.63, 3.8) is 0 Å². The van der Waals surface area contributed by atoms with E-state index in [2.05, 4.69) is 24.3 Å². The van der Waals surface area contributed by atoms with Gasteiger partial charge in [-0.05, 0) is 50.5 Å². The molecule has 2 N–H and O–H groups in total. The Bertz CT molecular complexity index is 760. The third kappa shape index (κ3) is 3.18. The molecule has 1 amide bonds. The van der Waals surface area contributed by atoms with Gasteiger partial charge in [-0.3, -0.25) is 9.48 Å². The predicted octanol–water partition coefficient (Wildman–Crippen LogP) is 3.68. The summed E-state index contributed by atoms with van der Waals surface area (Å²) in [4.78, 5) is 23.5. The molecule has 0 spiro atoms. The van der Waals surface area contributed by atoms with E-state index in [0.29, 0.717) is 17.2 Å². The van der Waals surface area contributed by atoms with Gasteiger partial charge in [0, 0.05) is 17.6 Å². The average molecular weight is 327 g/mol. The molecule has 1 aliphatic carbocycles. The maximum Gasteiger partial charge on any atom is 0.335 e. The van der Waals surface area contributed by atoms with Gasteiger partial charge in [-0.25, -0.2) is 4.79 Å². The highest BCUT2D eigenvalue weighted by molar-refractivity contribution is 6.05. The SMILES string of the molecule is CCC(C)n1ncc(C(=O)Nc2ccc(C(=O)O)cc2)c1C1CC1. The molecule has 1 unspecified atom stereocenters. The van der Waals surface area contributed by atoms with Gasteiger partial charge in [-0.15, -0.1) is 0 Å². The molecule has 0 aliphatic heterocycles. The lowest BCUT2D eigenvalue weighted by Gasteiger charge is -2.14. The molecular weight excluding hydrogens is 306 g/mol. The quantitative estimate of drug-likeness (QED) is 0.847. The third-order valence-corrected chi connectivity index (χ3v) is 4.44. The van der Waals surface area contributed by atoms with Gasteiger partial charge in [0.05, 0.1) is 23.0 Å². The second-order valence-corrected chi connectivity index (χ2v) is 6.26. The number of carbonyl (C=O) groups excluding carboxylic acids is 1. The first-order valence-electron chi connectivity index (χ1n) is 8.23. The number of hydrogen-bond acceptors (Lipinski definition) is 3. The van der Waals surface area contributed by atoms with Gasteiger partial charge in [0.15, 0.2) is 0 Å². The molecule has 1 fully saturated rings. The Labute approximate surface area is 140 Å². The van der Waals surface area contributed by atoms with Crippen LogP contribution in [0.15, 0.2) is 30.5 Å². The van der Waals surface area contributed by atoms with Gasteiger partial charge >= 0.3 is 5.97 Å². The molecule has 3 rings (SSSR count). The fourth-order valence-electron chi connectivity index (χ4n) is 2.73. The molecule has 1 aromatic carbocycles. The first-order valence-corrected chi connectivity index (χ1v) is 8.23. The van der Waals surface area contributed by atoms with Crippen LogP contribution >= 0.6 is 0 Å². The van der Waals surface area contributed by atoms with Crippen LogP contribution in [-0.4, -0.2) is 26.8 Å². The van der Waals surface area contributed by atoms with Gasteiger partial charge in [0.1, 0.15) is 0 Å². The number of carboxylic acids is 1. The van der Waals surface area contributed by atoms with Crippen molar-refractivity contribution in [2.24, 2.45) is 0 Å². The highest BCUT2D eigenvalue weighted by Crippen LogP contribution is 2.42. The highest BCUT2D eigenvalue weighted by atomic mass is 16.4. The van der Waals surface area contributed by atoms with Crippen molar-refractivity contribution in [3.8, 4) is 0 Å². The molecule has 2 aromatic rings. The lowest BCUT2D eigenvalue weighted by atomic mass is 10.1. The van der Waals surface area contributed by atoms with E-state index in [-0.39, 0.29) is 17.5 Å². The summed E-state index contributed by atoms with van der Waals surface area (Å²) in [6.45, 7) is 4.21. The Kier molecular flexibility index (Phi) is 4.38. The summed E-state index contributed by atoms with van der Waals surface area (Å²) < 4.78 is 1.97. The van der Waals surface area contributed by atoms with Crippen LogP contribution < -0.4 is 5.32 Å². The number of benzene rings is 1. The molecule has 0 saturated heterocycles. The normalized spacial score (nSPS) is 15.1. The summed E-state index contributed by atoms with van der Waals surface area (Å²) in [5, 5.41) is 16.2. The Hall–Kier alpha value is -2.63. The van der Waals surface area contributed by atoms with Gasteiger partial charge in [-0.2, -0.15) is 5.10 Å². The molecule has 1 aliphatic rings. The van der Waals surface area contributed by atoms with E-state index in [1.54, 1.807) is 18.3 Å². The van der Waals surface area contributed by atoms with Crippen LogP contribution in [0.1, 0.15) is 71.5 Å². The Morgan fingerprint density at radius 3 is 2.54 bits per heavy atom. The summed E-state index contributed by atoms with van der Waals surface area (Å²) in [5.74, 6) is -0.773. The number of anilines is 1. The third-order valence-electron chi connectivity index (χ3n) is 4.44. The molecule has 1 heterocycles. The zero-order chi connectivity index (χ0) is 17.3. The van der Waals surface area contributed by atoms with Crippen LogP contribution in [0.2, 0.25) is 0 Å². The Morgan fingerprint density at radius 2 is 2.00 bits per heavy atom. The van der Waals surface area contributed by atoms with Crippen LogP contribution in [0.5, 0.6) is 0 Å². The zero-order valence-corrected chi connectivity index (χ0v) is 13.8. The maximum atomic E-state index is 12.6. The highest BCUT2D eigenvalue weighted by Gasteiger charge is 2.33. The molecule has 1 aromatic heterocycles. The van der Waals surface area contributed by atoms with Crippen LogP contribution in [0.4, 0.5) is 5.69 Å². The molecular formula is C18H21N3O3. The second-order valence-electron chi connectivity index (χ2n) is 6.26. The summed E-state index contributed by atoms with van der Waals surface area (Å²) in [7, 11) is 0. The van der Waals surface area contributed by atoms with Gasteiger partial charge in [0.2, 0.25) is 0 Å². The lowest BCUT2D eigenvalue weighted by molar-refractivity contribution is 0.0696. The minimum Gasteiger partial charge on any atom is -0.478 e. The van der Waals surface area contributed by atoms with E-state index < -0.39 is 5.97 Å². The van der Waals surface area contributed by atoms with Gasteiger partial charge < -0.3 is 10.4 Å². The van der Waals surface area contributed by atoms with Crippen molar-refractivity contribution in [3.05, 3.63) is 47.3 Å². The van der Waals surface area contributed by atoms with Crippen LogP contribution in [-0.2, 0) is 0 Å². The van der Waals surface area contributed by atoms with Crippen molar-refractivity contribution in [2.45, 2.75) is 45.1 Å². The molecule has 6 heteroatoms. The minimum absolute atomic E-state index is 0.191. The second kappa shape index (κ2) is 6.47. The van der Waals surface area contributed by atoms with Crippen molar-refractivity contribution < 1.29 is 14.7 Å². The summed E-state index contributed by atoms with van der Waals surface area (Å²) in [6, 6.07) is 6.40. The first kappa shape index (κ1) is 16.2. The number of nitrogens with one attached hydrogen (secondary N) is 1. The zero-order valence-electron chi connectivity index (χ0n) is 13.8. The molecule has 1 atom stereocenters. The number of rotatable bonds is 6. The number of amides is 1. The van der Waals surface area contributed by atoms with Crippen LogP contribution in [0, 0.1) is 0 Å². The van der Waals surface area contributed by atoms with E-state index >= 15 is 0 Å². The monoisotopic (exact) mass is 327 g/mol. The molecule has 24 heavy (non-hydrogen) atoms. The van der Waals surface area contributed by atoms with Crippen molar-refractivity contribution in [1.29, 1.82) is 0 Å². The van der Waals surface area contributed by atoms with Crippen LogP contribution in [0.25, 0.3) is 0 Å². The predicted molar refractivity (Wildman–Crippen MR) is 90.6 cm³/mol. The van der Waals surface area contributed by atoms with Crippen molar-refractivity contribution in [2.75, 3.05) is 5.32 Å². The number of carboxylic acid groups (broad SMARTS) is 1. The average Bonchev–Trinajstić information content (AvgIpc) is 3.32. The lowest BCUT2D eigenvalue weighted by Crippen LogP contribution is -2.16. The smallest absolute Gasteiger partial charge is 0.335 e. The van der Waals surface area contributed by atoms with Gasteiger partial charge in [0.25, 0.3) is 5.91 Å². The molecule has 0 bridgehead atoms. The summed E-state index contributed by atoms with van der Waals surface area (Å²) in [6.07, 6.45) is 4.78. The van der Waals surface area contributed by atoms with Gasteiger partial charge in [-0.1, -0.05) is 6.92 Å². The summed E-state index contributed by atoms with van der Waals surface area (Å²) >= 11 is 0. The van der Waals surface area contributed by atoms with E-state index in [0.717, 1.165) is 25.0 Å². The number of nitrogens with zero attached hydrogens (tertiary/aromatic N) is 2. The molecule has 6 nitrogen and oxygen atoms in total. The fourth-order valence-corrected chi connectivity index (χ4v) is 2.73. The minimum atomic E-state index is -0.987. The molecule has 1 saturated carbocycles. The number of hydrogen-bond donors (Lipinski definition) is 2. The van der Waals surface area contributed by atoms with Crippen molar-refractivity contribution >= 4 is 17.6 Å². The molecule has 0 radical (unpaired) electrons. The standard InChI is InChI=1S/C18H21N3O3/c1-3-11(2)21-16(12-4-5-12)15(10-19-21)17(22)20-14-8-6-13(7-9-14)18(23)24/h6-12H,3-5H2,1-2H3,(H,20,22)(H,23,24). The first-order chi connectivity index (χ1) is 11.5. The van der Waals surface area contributed by atoms with E-state index in [1.807, 2.05) is 4.68 Å². The van der Waals surface area contributed by atoms with Crippen molar-refractivity contribution in [1.82, 2.24) is 9.78 Å². The topological polar surface area (TPSA) is 84.2 Å². The van der Waals surface area contributed by atoms with E-state index in [9.17, 15) is 9.59 Å². The van der Waals surface area contributed by atoms with E-state index in [1.165, 1.54) is 12.1 Å². The van der Waals surface area contributed by atoms with E-state index in [4.69, 9.17) is 5.11 Å². The number of aromatic carboxylic acids is 1. The van der Waals surface area contributed by atoms with Crippen LogP contribution in [0.3, 0.4) is 0 Å². The fraction of sp³-hybridized carbons (Fsp3) is 0.389. The number of aromatic nitrogens is 2.